The van der Waals surface area contributed by atoms with E-state index in [9.17, 15) is 0 Å². The molecule has 5 aliphatic rings. The van der Waals surface area contributed by atoms with Crippen LogP contribution in [0.4, 0.5) is 0 Å². The van der Waals surface area contributed by atoms with Gasteiger partial charge in [-0.15, -0.1) is 0 Å². The van der Waals surface area contributed by atoms with Crippen LogP contribution in [0, 0.1) is 0 Å². The maximum Gasteiger partial charge on any atom is 0.169 e. The van der Waals surface area contributed by atoms with E-state index in [0.29, 0.717) is 5.76 Å². The molecule has 3 aliphatic carbocycles. The second-order valence-corrected chi connectivity index (χ2v) is 9.26. The Labute approximate surface area is 167 Å². The van der Waals surface area contributed by atoms with E-state index in [4.69, 9.17) is 28.4 Å². The molecule has 6 heteroatoms. The van der Waals surface area contributed by atoms with Crippen LogP contribution >= 0.6 is 0 Å². The maximum atomic E-state index is 6.65. The predicted octanol–water partition coefficient (Wildman–Crippen LogP) is 3.82. The Kier molecular flexibility index (Phi) is 4.99. The van der Waals surface area contributed by atoms with Crippen LogP contribution in [0.3, 0.4) is 0 Å². The van der Waals surface area contributed by atoms with Gasteiger partial charge in [-0.2, -0.15) is 0 Å². The van der Waals surface area contributed by atoms with Crippen molar-refractivity contribution in [3.8, 4) is 0 Å². The second kappa shape index (κ2) is 7.24. The summed E-state index contributed by atoms with van der Waals surface area (Å²) in [6.07, 6.45) is 9.36. The average molecular weight is 395 g/mol. The van der Waals surface area contributed by atoms with Gasteiger partial charge in [0.1, 0.15) is 30.5 Å². The van der Waals surface area contributed by atoms with Crippen molar-refractivity contribution in [3.63, 3.8) is 0 Å². The standard InChI is InChI=1S/C22H34O6/c1-14(2)24-16-15(23-3)17-19(27-21(25-17)10-6-4-7-11-21)20-18(16)26-22(28-20)12-8-5-9-13-22/h15-20H,1,4-13H2,2-3H3/t15-,16+,17+,18-,19-,20-/m1/s1. The molecule has 5 fully saturated rings. The lowest BCUT2D eigenvalue weighted by Gasteiger charge is -2.42. The quantitative estimate of drug-likeness (QED) is 0.678. The number of hydrogen-bond acceptors (Lipinski definition) is 6. The molecule has 5 rings (SSSR count). The summed E-state index contributed by atoms with van der Waals surface area (Å²) in [5.74, 6) is -0.356. The van der Waals surface area contributed by atoms with Crippen LogP contribution < -0.4 is 0 Å². The smallest absolute Gasteiger partial charge is 0.169 e. The van der Waals surface area contributed by atoms with Gasteiger partial charge in [-0.3, -0.25) is 0 Å². The normalized spacial score (nSPS) is 43.6. The summed E-state index contributed by atoms with van der Waals surface area (Å²) in [7, 11) is 1.72. The van der Waals surface area contributed by atoms with Gasteiger partial charge < -0.3 is 28.4 Å². The summed E-state index contributed by atoms with van der Waals surface area (Å²) >= 11 is 0. The summed E-state index contributed by atoms with van der Waals surface area (Å²) in [6, 6.07) is 0. The van der Waals surface area contributed by atoms with Crippen molar-refractivity contribution < 1.29 is 28.4 Å². The zero-order valence-corrected chi connectivity index (χ0v) is 17.2. The van der Waals surface area contributed by atoms with Gasteiger partial charge in [0, 0.05) is 32.8 Å². The first-order valence-corrected chi connectivity index (χ1v) is 11.1. The molecule has 2 heterocycles. The van der Waals surface area contributed by atoms with E-state index in [1.54, 1.807) is 7.11 Å². The molecule has 2 spiro atoms. The number of ether oxygens (including phenoxy) is 6. The monoisotopic (exact) mass is 394 g/mol. The van der Waals surface area contributed by atoms with Gasteiger partial charge in [-0.05, 0) is 32.6 Å². The Morgan fingerprint density at radius 3 is 1.57 bits per heavy atom. The van der Waals surface area contributed by atoms with Gasteiger partial charge >= 0.3 is 0 Å². The Balaban J connectivity index is 1.47. The molecule has 6 nitrogen and oxygen atoms in total. The summed E-state index contributed by atoms with van der Waals surface area (Å²) < 4.78 is 38.6. The van der Waals surface area contributed by atoms with Gasteiger partial charge in [0.25, 0.3) is 0 Å². The number of hydrogen-bond donors (Lipinski definition) is 0. The molecule has 3 saturated carbocycles. The van der Waals surface area contributed by atoms with Crippen LogP contribution in [0.5, 0.6) is 0 Å². The van der Waals surface area contributed by atoms with Crippen LogP contribution in [0.25, 0.3) is 0 Å². The Morgan fingerprint density at radius 1 is 0.714 bits per heavy atom. The van der Waals surface area contributed by atoms with Crippen molar-refractivity contribution in [2.75, 3.05) is 7.11 Å². The van der Waals surface area contributed by atoms with Crippen LogP contribution in [0.1, 0.15) is 71.1 Å². The minimum Gasteiger partial charge on any atom is -0.490 e. The van der Waals surface area contributed by atoms with E-state index < -0.39 is 11.6 Å². The lowest BCUT2D eigenvalue weighted by Crippen LogP contribution is -2.62. The molecular formula is C22H34O6. The first kappa shape index (κ1) is 19.3. The largest absolute Gasteiger partial charge is 0.490 e. The lowest BCUT2D eigenvalue weighted by atomic mass is 9.84. The summed E-state index contributed by atoms with van der Waals surface area (Å²) in [5, 5.41) is 0. The SMILES string of the molecule is C=C(C)O[C@H]1[C@@H](OC)[C@@H]2OC3(CCCCC3)O[C@H]2[C@@H]2OC3(CCCCC3)O[C@H]12. The zero-order valence-electron chi connectivity index (χ0n) is 17.2. The zero-order chi connectivity index (χ0) is 19.4. The third-order valence-corrected chi connectivity index (χ3v) is 7.19. The van der Waals surface area contributed by atoms with Gasteiger partial charge in [-0.1, -0.05) is 19.4 Å². The Bertz CT molecular complexity index is 594. The van der Waals surface area contributed by atoms with Crippen molar-refractivity contribution in [2.45, 2.75) is 119 Å². The second-order valence-electron chi connectivity index (χ2n) is 9.26. The molecule has 0 aromatic rings. The first-order valence-electron chi connectivity index (χ1n) is 11.1. The summed E-state index contributed by atoms with van der Waals surface area (Å²) in [5.41, 5.74) is 0. The fraction of sp³-hybridized carbons (Fsp3) is 0.909. The fourth-order valence-corrected chi connectivity index (χ4v) is 5.99. The third kappa shape index (κ3) is 3.12. The highest BCUT2D eigenvalue weighted by atomic mass is 16.8. The van der Waals surface area contributed by atoms with E-state index in [2.05, 4.69) is 6.58 Å². The van der Waals surface area contributed by atoms with Crippen molar-refractivity contribution >= 4 is 0 Å². The number of allylic oxidation sites excluding steroid dienone is 1. The number of methoxy groups -OCH3 is 1. The summed E-state index contributed by atoms with van der Waals surface area (Å²) in [6.45, 7) is 5.83. The topological polar surface area (TPSA) is 55.4 Å². The molecule has 0 aromatic heterocycles. The van der Waals surface area contributed by atoms with Crippen molar-refractivity contribution in [3.05, 3.63) is 12.3 Å². The minimum absolute atomic E-state index is 0.181. The molecule has 0 N–H and O–H groups in total. The molecule has 0 aromatic carbocycles. The third-order valence-electron chi connectivity index (χ3n) is 7.19. The molecule has 2 saturated heterocycles. The minimum atomic E-state index is -0.511. The predicted molar refractivity (Wildman–Crippen MR) is 102 cm³/mol. The van der Waals surface area contributed by atoms with Gasteiger partial charge in [0.2, 0.25) is 0 Å². The Morgan fingerprint density at radius 2 is 1.14 bits per heavy atom. The van der Waals surface area contributed by atoms with Crippen LogP contribution in [0.2, 0.25) is 0 Å². The molecular weight excluding hydrogens is 360 g/mol. The van der Waals surface area contributed by atoms with E-state index >= 15 is 0 Å². The number of rotatable bonds is 3. The van der Waals surface area contributed by atoms with Gasteiger partial charge in [0.05, 0.1) is 5.76 Å². The Hall–Kier alpha value is -0.660. The van der Waals surface area contributed by atoms with Crippen molar-refractivity contribution in [2.24, 2.45) is 0 Å². The van der Waals surface area contributed by atoms with Crippen molar-refractivity contribution in [1.29, 1.82) is 0 Å². The fourth-order valence-electron chi connectivity index (χ4n) is 5.99. The van der Waals surface area contributed by atoms with E-state index in [1.165, 1.54) is 12.8 Å². The summed E-state index contributed by atoms with van der Waals surface area (Å²) in [4.78, 5) is 0. The highest BCUT2D eigenvalue weighted by Gasteiger charge is 2.67. The van der Waals surface area contributed by atoms with Gasteiger partial charge in [0.15, 0.2) is 17.7 Å². The first-order chi connectivity index (χ1) is 13.5. The number of fused-ring (bicyclic) bond motifs is 3. The van der Waals surface area contributed by atoms with E-state index in [0.717, 1.165) is 51.4 Å². The molecule has 0 unspecified atom stereocenters. The molecule has 0 bridgehead atoms. The lowest BCUT2D eigenvalue weighted by molar-refractivity contribution is -0.226. The van der Waals surface area contributed by atoms with E-state index in [-0.39, 0.29) is 36.6 Å². The average Bonchev–Trinajstić information content (AvgIpc) is 3.22. The van der Waals surface area contributed by atoms with Crippen molar-refractivity contribution in [1.82, 2.24) is 0 Å². The molecule has 0 amide bonds. The van der Waals surface area contributed by atoms with E-state index in [1.807, 2.05) is 6.92 Å². The maximum absolute atomic E-state index is 6.65. The molecule has 28 heavy (non-hydrogen) atoms. The van der Waals surface area contributed by atoms with Crippen LogP contribution in [-0.4, -0.2) is 55.3 Å². The molecule has 2 aliphatic heterocycles. The highest BCUT2D eigenvalue weighted by molar-refractivity contribution is 5.11. The van der Waals surface area contributed by atoms with Gasteiger partial charge in [-0.25, -0.2) is 0 Å². The molecule has 0 radical (unpaired) electrons. The van der Waals surface area contributed by atoms with Crippen LogP contribution in [0.15, 0.2) is 12.3 Å². The van der Waals surface area contributed by atoms with Crippen LogP contribution in [-0.2, 0) is 28.4 Å². The highest BCUT2D eigenvalue weighted by Crippen LogP contribution is 2.52. The molecule has 6 atom stereocenters. The molecule has 158 valence electrons.